The van der Waals surface area contributed by atoms with Gasteiger partial charge >= 0.3 is 0 Å². The van der Waals surface area contributed by atoms with Crippen molar-refractivity contribution in [2.75, 3.05) is 26.8 Å². The van der Waals surface area contributed by atoms with Crippen molar-refractivity contribution in [3.63, 3.8) is 0 Å². The molecule has 0 aromatic heterocycles. The molecule has 0 atom stereocenters. The number of fused-ring (bicyclic) bond motifs is 1. The van der Waals surface area contributed by atoms with Crippen LogP contribution in [0.25, 0.3) is 16.9 Å². The van der Waals surface area contributed by atoms with E-state index in [0.29, 0.717) is 35.7 Å². The van der Waals surface area contributed by atoms with Gasteiger partial charge < -0.3 is 14.2 Å². The van der Waals surface area contributed by atoms with Crippen LogP contribution in [0.5, 0.6) is 0 Å². The molecule has 0 N–H and O–H groups in total. The van der Waals surface area contributed by atoms with Gasteiger partial charge in [0.25, 0.3) is 11.5 Å². The van der Waals surface area contributed by atoms with Crippen LogP contribution in [-0.2, 0) is 11.3 Å². The van der Waals surface area contributed by atoms with Crippen LogP contribution in [0.4, 0.5) is 0 Å². The number of rotatable bonds is 6. The fourth-order valence-electron chi connectivity index (χ4n) is 3.67. The van der Waals surface area contributed by atoms with Crippen LogP contribution in [-0.4, -0.2) is 52.0 Å². The Kier molecular flexibility index (Phi) is 5.25. The molecule has 0 spiro atoms. The fourth-order valence-corrected chi connectivity index (χ4v) is 3.67. The lowest BCUT2D eigenvalue weighted by Crippen LogP contribution is -2.29. The molecule has 1 fully saturated rings. The highest BCUT2D eigenvalue weighted by molar-refractivity contribution is 6.00. The number of hydrogen-bond donors (Lipinski definition) is 0. The highest BCUT2D eigenvalue weighted by atomic mass is 16.5. The first-order valence-corrected chi connectivity index (χ1v) is 9.65. The molecule has 3 aliphatic heterocycles. The van der Waals surface area contributed by atoms with E-state index in [1.807, 2.05) is 46.0 Å². The van der Waals surface area contributed by atoms with Crippen molar-refractivity contribution in [1.82, 2.24) is 19.2 Å². The summed E-state index contributed by atoms with van der Waals surface area (Å²) in [7, 11) is 1.66. The number of methoxy groups -OCH3 is 1. The first-order valence-electron chi connectivity index (χ1n) is 9.65. The zero-order chi connectivity index (χ0) is 19.5. The topological polar surface area (TPSA) is 69.4 Å². The minimum absolute atomic E-state index is 0.0543. The highest BCUT2D eigenvalue weighted by Gasteiger charge is 2.28. The Bertz CT molecular complexity index is 987. The second-order valence-corrected chi connectivity index (χ2v) is 7.07. The van der Waals surface area contributed by atoms with Gasteiger partial charge in [-0.2, -0.15) is 9.78 Å². The summed E-state index contributed by atoms with van der Waals surface area (Å²) in [5, 5.41) is 4.53. The second kappa shape index (κ2) is 7.98. The molecule has 0 radical (unpaired) electrons. The molecule has 7 heteroatoms. The number of aromatic nitrogens is 3. The Morgan fingerprint density at radius 1 is 1.14 bits per heavy atom. The SMILES string of the molecule is COCCCn1cc(C(=O)N2CCCC2)c2nn(-c3ccccc3)c(=O)c-2c1. The summed E-state index contributed by atoms with van der Waals surface area (Å²) in [6, 6.07) is 9.29. The van der Waals surface area contributed by atoms with Gasteiger partial charge in [0.05, 0.1) is 16.8 Å². The van der Waals surface area contributed by atoms with Crippen molar-refractivity contribution in [2.24, 2.45) is 0 Å². The van der Waals surface area contributed by atoms with Gasteiger partial charge in [-0.15, -0.1) is 0 Å². The van der Waals surface area contributed by atoms with Gasteiger partial charge in [-0.25, -0.2) is 0 Å². The van der Waals surface area contributed by atoms with Gasteiger partial charge in [-0.1, -0.05) is 18.2 Å². The number of carbonyl (C=O) groups excluding carboxylic acids is 1. The van der Waals surface area contributed by atoms with Crippen molar-refractivity contribution in [1.29, 1.82) is 0 Å². The third-order valence-corrected chi connectivity index (χ3v) is 5.11. The number of likely N-dealkylation sites (tertiary alicyclic amines) is 1. The van der Waals surface area contributed by atoms with Crippen molar-refractivity contribution in [3.05, 3.63) is 58.6 Å². The van der Waals surface area contributed by atoms with Crippen LogP contribution in [0.1, 0.15) is 29.6 Å². The van der Waals surface area contributed by atoms with E-state index in [-0.39, 0.29) is 11.5 Å². The molecule has 0 unspecified atom stereocenters. The summed E-state index contributed by atoms with van der Waals surface area (Å²) in [4.78, 5) is 28.0. The van der Waals surface area contributed by atoms with Gasteiger partial charge in [0.2, 0.25) is 0 Å². The van der Waals surface area contributed by atoms with E-state index in [4.69, 9.17) is 4.74 Å². The van der Waals surface area contributed by atoms with Crippen LogP contribution in [0.15, 0.2) is 47.5 Å². The first kappa shape index (κ1) is 18.4. The summed E-state index contributed by atoms with van der Waals surface area (Å²) in [5.74, 6) is -0.0543. The second-order valence-electron chi connectivity index (χ2n) is 7.07. The molecule has 1 saturated heterocycles. The lowest BCUT2D eigenvalue weighted by molar-refractivity contribution is 0.0792. The summed E-state index contributed by atoms with van der Waals surface area (Å²) >= 11 is 0. The number of aryl methyl sites for hydroxylation is 1. The monoisotopic (exact) mass is 380 g/mol. The number of para-hydroxylation sites is 1. The summed E-state index contributed by atoms with van der Waals surface area (Å²) in [5.41, 5.74) is 1.90. The van der Waals surface area contributed by atoms with Crippen LogP contribution in [0.2, 0.25) is 0 Å². The smallest absolute Gasteiger partial charge is 0.282 e. The number of amides is 1. The van der Waals surface area contributed by atoms with Crippen LogP contribution in [0, 0.1) is 0 Å². The van der Waals surface area contributed by atoms with Gasteiger partial charge in [0.1, 0.15) is 5.69 Å². The van der Waals surface area contributed by atoms with Gasteiger partial charge in [0, 0.05) is 45.7 Å². The number of hydrogen-bond acceptors (Lipinski definition) is 4. The summed E-state index contributed by atoms with van der Waals surface area (Å²) < 4.78 is 8.41. The van der Waals surface area contributed by atoms with Crippen LogP contribution in [0.3, 0.4) is 0 Å². The quantitative estimate of drug-likeness (QED) is 0.616. The third-order valence-electron chi connectivity index (χ3n) is 5.11. The van der Waals surface area contributed by atoms with E-state index < -0.39 is 0 Å². The maximum atomic E-state index is 13.1. The molecule has 0 aliphatic carbocycles. The normalized spacial score (nSPS) is 14.1. The average Bonchev–Trinajstić information content (AvgIpc) is 3.37. The van der Waals surface area contributed by atoms with E-state index in [9.17, 15) is 9.59 Å². The predicted octanol–water partition coefficient (Wildman–Crippen LogP) is 2.41. The largest absolute Gasteiger partial charge is 0.385 e. The van der Waals surface area contributed by atoms with Gasteiger partial charge in [0.15, 0.2) is 0 Å². The number of pyridine rings is 1. The zero-order valence-electron chi connectivity index (χ0n) is 16.0. The fraction of sp³-hybridized carbons (Fsp3) is 0.381. The lowest BCUT2D eigenvalue weighted by atomic mass is 10.1. The number of nitrogens with zero attached hydrogens (tertiary/aromatic N) is 4. The lowest BCUT2D eigenvalue weighted by Gasteiger charge is -2.18. The van der Waals surface area contributed by atoms with Crippen molar-refractivity contribution >= 4 is 5.91 Å². The molecule has 1 aromatic rings. The first-order chi connectivity index (χ1) is 13.7. The molecule has 0 bridgehead atoms. The number of ether oxygens (including phenoxy) is 1. The Hall–Kier alpha value is -2.93. The summed E-state index contributed by atoms with van der Waals surface area (Å²) in [6.07, 6.45) is 6.44. The third kappa shape index (κ3) is 3.45. The van der Waals surface area contributed by atoms with Crippen LogP contribution < -0.4 is 5.56 Å². The molecule has 1 aromatic carbocycles. The Labute approximate surface area is 163 Å². The number of carbonyl (C=O) groups is 1. The molecule has 146 valence electrons. The molecule has 1 amide bonds. The minimum atomic E-state index is -0.210. The summed E-state index contributed by atoms with van der Waals surface area (Å²) in [6.45, 7) is 2.79. The van der Waals surface area contributed by atoms with E-state index in [2.05, 4.69) is 5.10 Å². The van der Waals surface area contributed by atoms with Crippen molar-refractivity contribution in [2.45, 2.75) is 25.8 Å². The molecule has 0 saturated carbocycles. The van der Waals surface area contributed by atoms with E-state index in [0.717, 1.165) is 32.4 Å². The molecule has 4 rings (SSSR count). The molecule has 3 heterocycles. The van der Waals surface area contributed by atoms with E-state index in [1.54, 1.807) is 13.3 Å². The minimum Gasteiger partial charge on any atom is -0.385 e. The average molecular weight is 380 g/mol. The standard InChI is InChI=1S/C21H24N4O3/c1-28-13-7-10-23-14-17(20(26)24-11-5-6-12-24)19-18(15-23)21(27)25(22-19)16-8-3-2-4-9-16/h2-4,8-9,14-15H,5-7,10-13H2,1H3. The Morgan fingerprint density at radius 3 is 2.61 bits per heavy atom. The maximum absolute atomic E-state index is 13.1. The van der Waals surface area contributed by atoms with Crippen LogP contribution >= 0.6 is 0 Å². The zero-order valence-corrected chi connectivity index (χ0v) is 16.0. The highest BCUT2D eigenvalue weighted by Crippen LogP contribution is 2.25. The van der Waals surface area contributed by atoms with Crippen molar-refractivity contribution < 1.29 is 9.53 Å². The maximum Gasteiger partial charge on any atom is 0.282 e. The molecular weight excluding hydrogens is 356 g/mol. The Morgan fingerprint density at radius 2 is 1.89 bits per heavy atom. The predicted molar refractivity (Wildman–Crippen MR) is 106 cm³/mol. The molecule has 28 heavy (non-hydrogen) atoms. The molecular formula is C21H24N4O3. The van der Waals surface area contributed by atoms with E-state index in [1.165, 1.54) is 4.68 Å². The van der Waals surface area contributed by atoms with Crippen molar-refractivity contribution in [3.8, 4) is 16.9 Å². The Balaban J connectivity index is 1.82. The molecule has 3 aliphatic rings. The number of benzene rings is 1. The van der Waals surface area contributed by atoms with E-state index >= 15 is 0 Å². The van der Waals surface area contributed by atoms with Gasteiger partial charge in [-0.3, -0.25) is 9.59 Å². The molecule has 7 nitrogen and oxygen atoms in total. The van der Waals surface area contributed by atoms with Gasteiger partial charge in [-0.05, 0) is 31.4 Å².